The molecule has 100 valence electrons. The molecule has 0 radical (unpaired) electrons. The van der Waals surface area contributed by atoms with Crippen molar-refractivity contribution in [2.45, 2.75) is 60.8 Å². The van der Waals surface area contributed by atoms with E-state index in [9.17, 15) is 0 Å². The fraction of sp³-hybridized carbons (Fsp3) is 0.765. The molecule has 0 heteroatoms. The number of hydrogen-bond acceptors (Lipinski definition) is 0. The van der Waals surface area contributed by atoms with Crippen molar-refractivity contribution in [2.75, 3.05) is 0 Å². The summed E-state index contributed by atoms with van der Waals surface area (Å²) in [6.07, 6.45) is 13.1. The summed E-state index contributed by atoms with van der Waals surface area (Å²) in [7, 11) is 0. The van der Waals surface area contributed by atoms with E-state index in [-0.39, 0.29) is 0 Å². The molecule has 0 aromatic carbocycles. The lowest BCUT2D eigenvalue weighted by Gasteiger charge is -2.23. The summed E-state index contributed by atoms with van der Waals surface area (Å²) in [5.74, 6) is 3.02. The van der Waals surface area contributed by atoms with E-state index in [1.807, 2.05) is 0 Å². The van der Waals surface area contributed by atoms with Crippen LogP contribution in [0.1, 0.15) is 60.8 Å². The van der Waals surface area contributed by atoms with Gasteiger partial charge in [0.05, 0.1) is 0 Å². The van der Waals surface area contributed by atoms with Crippen molar-refractivity contribution in [3.05, 3.63) is 24.3 Å². The molecule has 0 N–H and O–H groups in total. The van der Waals surface area contributed by atoms with Gasteiger partial charge in [-0.25, -0.2) is 0 Å². The Kier molecular flexibility index (Phi) is 9.21. The van der Waals surface area contributed by atoms with Crippen molar-refractivity contribution in [3.63, 3.8) is 0 Å². The molecule has 0 fully saturated rings. The molecule has 0 saturated heterocycles. The van der Waals surface area contributed by atoms with E-state index in [2.05, 4.69) is 65.8 Å². The van der Waals surface area contributed by atoms with E-state index >= 15 is 0 Å². The van der Waals surface area contributed by atoms with Gasteiger partial charge in [-0.05, 0) is 43.4 Å². The quantitative estimate of drug-likeness (QED) is 0.463. The van der Waals surface area contributed by atoms with E-state index in [0.29, 0.717) is 5.92 Å². The number of rotatable bonds is 8. The van der Waals surface area contributed by atoms with Crippen LogP contribution in [0.3, 0.4) is 0 Å². The Bertz CT molecular complexity index is 222. The highest BCUT2D eigenvalue weighted by molar-refractivity contribution is 4.93. The smallest absolute Gasteiger partial charge is 0.0185 e. The molecule has 0 spiro atoms. The molecule has 0 bridgehead atoms. The molecule has 0 nitrogen and oxygen atoms in total. The maximum absolute atomic E-state index is 2.46. The Labute approximate surface area is 109 Å². The summed E-state index contributed by atoms with van der Waals surface area (Å²) >= 11 is 0. The van der Waals surface area contributed by atoms with Gasteiger partial charge >= 0.3 is 0 Å². The SMILES string of the molecule is CC=CC(C)CCC=CC(C(C)C)C(C)CC. The Morgan fingerprint density at radius 1 is 1.00 bits per heavy atom. The fourth-order valence-electron chi connectivity index (χ4n) is 2.38. The van der Waals surface area contributed by atoms with E-state index in [1.54, 1.807) is 0 Å². The summed E-state index contributed by atoms with van der Waals surface area (Å²) in [5, 5.41) is 0. The molecule has 0 aliphatic rings. The molecule has 17 heavy (non-hydrogen) atoms. The van der Waals surface area contributed by atoms with Crippen LogP contribution in [-0.2, 0) is 0 Å². The van der Waals surface area contributed by atoms with Gasteiger partial charge in [0.1, 0.15) is 0 Å². The molecular formula is C17H32. The van der Waals surface area contributed by atoms with E-state index in [4.69, 9.17) is 0 Å². The highest BCUT2D eigenvalue weighted by Gasteiger charge is 2.15. The largest absolute Gasteiger partial charge is 0.0914 e. The molecule has 0 aromatic heterocycles. The molecule has 0 amide bonds. The minimum Gasteiger partial charge on any atom is -0.0914 e. The maximum atomic E-state index is 2.46. The van der Waals surface area contributed by atoms with Gasteiger partial charge in [-0.3, -0.25) is 0 Å². The molecule has 0 heterocycles. The zero-order chi connectivity index (χ0) is 13.3. The lowest BCUT2D eigenvalue weighted by molar-refractivity contribution is 0.325. The minimum atomic E-state index is 0.714. The summed E-state index contributed by atoms with van der Waals surface area (Å²) in [5.41, 5.74) is 0. The van der Waals surface area contributed by atoms with Crippen LogP contribution in [0.25, 0.3) is 0 Å². The van der Waals surface area contributed by atoms with Crippen molar-refractivity contribution in [3.8, 4) is 0 Å². The second-order valence-corrected chi connectivity index (χ2v) is 5.72. The topological polar surface area (TPSA) is 0 Å². The fourth-order valence-corrected chi connectivity index (χ4v) is 2.38. The molecule has 0 aromatic rings. The number of hydrogen-bond donors (Lipinski definition) is 0. The van der Waals surface area contributed by atoms with Gasteiger partial charge in [-0.1, -0.05) is 65.3 Å². The molecule has 0 rings (SSSR count). The van der Waals surface area contributed by atoms with E-state index < -0.39 is 0 Å². The average molecular weight is 236 g/mol. The van der Waals surface area contributed by atoms with Crippen LogP contribution < -0.4 is 0 Å². The van der Waals surface area contributed by atoms with Gasteiger partial charge in [0.15, 0.2) is 0 Å². The number of allylic oxidation sites excluding steroid dienone is 4. The van der Waals surface area contributed by atoms with Crippen molar-refractivity contribution >= 4 is 0 Å². The van der Waals surface area contributed by atoms with Gasteiger partial charge in [0.2, 0.25) is 0 Å². The maximum Gasteiger partial charge on any atom is -0.0185 e. The third-order valence-corrected chi connectivity index (χ3v) is 3.74. The lowest BCUT2D eigenvalue weighted by Crippen LogP contribution is -2.14. The van der Waals surface area contributed by atoms with Crippen LogP contribution in [0.2, 0.25) is 0 Å². The van der Waals surface area contributed by atoms with Gasteiger partial charge in [0.25, 0.3) is 0 Å². The summed E-state index contributed by atoms with van der Waals surface area (Å²) in [6.45, 7) is 13.7. The zero-order valence-electron chi connectivity index (χ0n) is 12.7. The molecule has 0 aliphatic heterocycles. The zero-order valence-corrected chi connectivity index (χ0v) is 12.7. The van der Waals surface area contributed by atoms with Gasteiger partial charge < -0.3 is 0 Å². The van der Waals surface area contributed by atoms with Crippen molar-refractivity contribution in [1.82, 2.24) is 0 Å². The predicted octanol–water partition coefficient (Wildman–Crippen LogP) is 5.85. The Hall–Kier alpha value is -0.520. The van der Waals surface area contributed by atoms with Crippen LogP contribution >= 0.6 is 0 Å². The third kappa shape index (κ3) is 7.41. The van der Waals surface area contributed by atoms with Crippen LogP contribution in [0, 0.1) is 23.7 Å². The van der Waals surface area contributed by atoms with Crippen LogP contribution in [-0.4, -0.2) is 0 Å². The molecule has 3 unspecified atom stereocenters. The van der Waals surface area contributed by atoms with Crippen LogP contribution in [0.15, 0.2) is 24.3 Å². The van der Waals surface area contributed by atoms with Crippen molar-refractivity contribution in [2.24, 2.45) is 23.7 Å². The Balaban J connectivity index is 4.10. The normalized spacial score (nSPS) is 18.1. The molecule has 0 saturated carbocycles. The average Bonchev–Trinajstić information content (AvgIpc) is 2.28. The van der Waals surface area contributed by atoms with E-state index in [1.165, 1.54) is 19.3 Å². The Morgan fingerprint density at radius 3 is 2.12 bits per heavy atom. The minimum absolute atomic E-state index is 0.714. The molecule has 0 aliphatic carbocycles. The first kappa shape index (κ1) is 16.5. The highest BCUT2D eigenvalue weighted by atomic mass is 14.2. The monoisotopic (exact) mass is 236 g/mol. The second kappa shape index (κ2) is 9.50. The predicted molar refractivity (Wildman–Crippen MR) is 80.1 cm³/mol. The second-order valence-electron chi connectivity index (χ2n) is 5.72. The van der Waals surface area contributed by atoms with Crippen LogP contribution in [0.4, 0.5) is 0 Å². The molecule has 3 atom stereocenters. The summed E-state index contributed by atoms with van der Waals surface area (Å²) < 4.78 is 0. The first-order valence-electron chi connectivity index (χ1n) is 7.32. The first-order valence-corrected chi connectivity index (χ1v) is 7.32. The van der Waals surface area contributed by atoms with Gasteiger partial charge in [0, 0.05) is 0 Å². The summed E-state index contributed by atoms with van der Waals surface area (Å²) in [4.78, 5) is 0. The van der Waals surface area contributed by atoms with Crippen LogP contribution in [0.5, 0.6) is 0 Å². The lowest BCUT2D eigenvalue weighted by atomic mass is 9.82. The van der Waals surface area contributed by atoms with Crippen molar-refractivity contribution < 1.29 is 0 Å². The van der Waals surface area contributed by atoms with Gasteiger partial charge in [-0.15, -0.1) is 0 Å². The van der Waals surface area contributed by atoms with E-state index in [0.717, 1.165) is 17.8 Å². The standard InChI is InChI=1S/C17H32/c1-7-11-15(5)12-9-10-13-17(14(3)4)16(6)8-2/h7,10-11,13-17H,8-9,12H2,1-6H3. The summed E-state index contributed by atoms with van der Waals surface area (Å²) in [6, 6.07) is 0. The highest BCUT2D eigenvalue weighted by Crippen LogP contribution is 2.25. The van der Waals surface area contributed by atoms with Gasteiger partial charge in [-0.2, -0.15) is 0 Å². The molecular weight excluding hydrogens is 204 g/mol. The third-order valence-electron chi connectivity index (χ3n) is 3.74. The Morgan fingerprint density at radius 2 is 1.65 bits per heavy atom. The van der Waals surface area contributed by atoms with Crippen molar-refractivity contribution in [1.29, 1.82) is 0 Å². The first-order chi connectivity index (χ1) is 8.02.